The van der Waals surface area contributed by atoms with Crippen LogP contribution in [0.3, 0.4) is 0 Å². The summed E-state index contributed by atoms with van der Waals surface area (Å²) in [5.74, 6) is 1.01. The van der Waals surface area contributed by atoms with E-state index in [9.17, 15) is 14.7 Å². The number of hydrogen-bond donors (Lipinski definition) is 3. The summed E-state index contributed by atoms with van der Waals surface area (Å²) in [5.41, 5.74) is 2.58. The number of hydrogen-bond acceptors (Lipinski definition) is 6. The Morgan fingerprint density at radius 3 is 2.71 bits per heavy atom. The van der Waals surface area contributed by atoms with Crippen LogP contribution in [0.15, 0.2) is 55.1 Å². The normalized spacial score (nSPS) is 14.6. The highest BCUT2D eigenvalue weighted by molar-refractivity contribution is 6.05. The molecule has 3 aromatic rings. The van der Waals surface area contributed by atoms with Gasteiger partial charge in [0, 0.05) is 29.3 Å². The summed E-state index contributed by atoms with van der Waals surface area (Å²) >= 11 is 0. The zero-order chi connectivity index (χ0) is 24.4. The second kappa shape index (κ2) is 9.54. The van der Waals surface area contributed by atoms with Crippen LogP contribution in [0.5, 0.6) is 17.2 Å². The van der Waals surface area contributed by atoms with Gasteiger partial charge < -0.3 is 25.2 Å². The Kier molecular flexibility index (Phi) is 6.13. The first-order valence-corrected chi connectivity index (χ1v) is 11.6. The van der Waals surface area contributed by atoms with Gasteiger partial charge in [0.25, 0.3) is 5.91 Å². The fraction of sp³-hybridized carbons (Fsp3) is 0.269. The first kappa shape index (κ1) is 22.5. The lowest BCUT2D eigenvalue weighted by Gasteiger charge is -2.11. The molecule has 5 rings (SSSR count). The van der Waals surface area contributed by atoms with Gasteiger partial charge in [-0.2, -0.15) is 9.78 Å². The number of amides is 2. The molecular formula is C26H26N4O5. The third-order valence-corrected chi connectivity index (χ3v) is 6.27. The molecule has 9 nitrogen and oxygen atoms in total. The van der Waals surface area contributed by atoms with Crippen LogP contribution in [0.25, 0.3) is 11.3 Å². The molecule has 2 amide bonds. The largest absolute Gasteiger partial charge is 0.507 e. The summed E-state index contributed by atoms with van der Waals surface area (Å²) in [6.45, 7) is 4.09. The van der Waals surface area contributed by atoms with E-state index in [1.165, 1.54) is 10.7 Å². The van der Waals surface area contributed by atoms with Crippen LogP contribution in [0, 0.1) is 0 Å². The van der Waals surface area contributed by atoms with Crippen LogP contribution in [0.4, 0.5) is 10.5 Å². The van der Waals surface area contributed by atoms with Crippen molar-refractivity contribution in [1.82, 2.24) is 15.1 Å². The Balaban J connectivity index is 1.43. The molecule has 0 radical (unpaired) electrons. The standard InChI is InChI=1S/C26H26N4O5/c1-2-11-27-26(33)30-21(16-5-3-4-6-16)14-20(29-30)19-13-18(8-9-22(19)31)28-25(32)17-7-10-23-24(12-17)35-15-34-23/h2,7-10,12-14,16,31H,1,3-6,11,15H2,(H,27,33)(H,28,32). The van der Waals surface area contributed by atoms with Crippen molar-refractivity contribution in [3.8, 4) is 28.5 Å². The summed E-state index contributed by atoms with van der Waals surface area (Å²) < 4.78 is 12.0. The molecule has 1 fully saturated rings. The molecule has 0 unspecified atom stereocenters. The minimum absolute atomic E-state index is 0.000185. The van der Waals surface area contributed by atoms with Crippen LogP contribution < -0.4 is 20.1 Å². The van der Waals surface area contributed by atoms with E-state index in [0.29, 0.717) is 40.6 Å². The van der Waals surface area contributed by atoms with Crippen molar-refractivity contribution in [2.75, 3.05) is 18.7 Å². The van der Waals surface area contributed by atoms with E-state index in [2.05, 4.69) is 22.3 Å². The molecule has 9 heteroatoms. The molecule has 2 aromatic carbocycles. The molecule has 2 heterocycles. The zero-order valence-corrected chi connectivity index (χ0v) is 19.1. The number of rotatable bonds is 6. The molecule has 3 N–H and O–H groups in total. The summed E-state index contributed by atoms with van der Waals surface area (Å²) in [4.78, 5) is 25.6. The van der Waals surface area contributed by atoms with Gasteiger partial charge in [-0.15, -0.1) is 6.58 Å². The average molecular weight is 475 g/mol. The van der Waals surface area contributed by atoms with Gasteiger partial charge in [-0.05, 0) is 55.3 Å². The number of anilines is 1. The maximum absolute atomic E-state index is 12.8. The maximum atomic E-state index is 12.8. The summed E-state index contributed by atoms with van der Waals surface area (Å²) in [5, 5.41) is 20.7. The Bertz CT molecular complexity index is 1290. The van der Waals surface area contributed by atoms with Gasteiger partial charge in [0.15, 0.2) is 11.5 Å². The number of nitrogens with zero attached hydrogens (tertiary/aromatic N) is 2. The molecule has 35 heavy (non-hydrogen) atoms. The predicted molar refractivity (Wildman–Crippen MR) is 130 cm³/mol. The van der Waals surface area contributed by atoms with Crippen molar-refractivity contribution >= 4 is 17.6 Å². The minimum atomic E-state index is -0.343. The van der Waals surface area contributed by atoms with Crippen molar-refractivity contribution in [2.24, 2.45) is 0 Å². The smallest absolute Gasteiger partial charge is 0.342 e. The number of ether oxygens (including phenoxy) is 2. The Morgan fingerprint density at radius 2 is 1.91 bits per heavy atom. The maximum Gasteiger partial charge on any atom is 0.342 e. The molecule has 0 bridgehead atoms. The fourth-order valence-corrected chi connectivity index (χ4v) is 4.50. The van der Waals surface area contributed by atoms with Gasteiger partial charge in [0.2, 0.25) is 6.79 Å². The third kappa shape index (κ3) is 4.57. The lowest BCUT2D eigenvalue weighted by atomic mass is 10.0. The number of phenols is 1. The van der Waals surface area contributed by atoms with Crippen molar-refractivity contribution in [1.29, 1.82) is 0 Å². The number of phenolic OH excluding ortho intramolecular Hbond substituents is 1. The van der Waals surface area contributed by atoms with E-state index < -0.39 is 0 Å². The molecule has 180 valence electrons. The minimum Gasteiger partial charge on any atom is -0.507 e. The highest BCUT2D eigenvalue weighted by atomic mass is 16.7. The summed E-state index contributed by atoms with van der Waals surface area (Å²) in [6, 6.07) is 11.2. The number of carbonyl (C=O) groups is 2. The van der Waals surface area contributed by atoms with E-state index in [0.717, 1.165) is 31.4 Å². The quantitative estimate of drug-likeness (QED) is 0.354. The molecule has 1 aliphatic heterocycles. The van der Waals surface area contributed by atoms with E-state index in [1.54, 1.807) is 36.4 Å². The van der Waals surface area contributed by atoms with Gasteiger partial charge in [-0.3, -0.25) is 4.79 Å². The van der Waals surface area contributed by atoms with E-state index in [1.807, 2.05) is 6.07 Å². The number of aromatic hydroxyl groups is 1. The third-order valence-electron chi connectivity index (χ3n) is 6.27. The van der Waals surface area contributed by atoms with E-state index in [-0.39, 0.29) is 30.4 Å². The highest BCUT2D eigenvalue weighted by Gasteiger charge is 2.26. The number of carbonyl (C=O) groups excluding carboxylic acids is 2. The molecule has 1 aliphatic carbocycles. The van der Waals surface area contributed by atoms with Gasteiger partial charge in [-0.25, -0.2) is 4.79 Å². The molecule has 2 aliphatic rings. The number of fused-ring (bicyclic) bond motifs is 1. The lowest BCUT2D eigenvalue weighted by Crippen LogP contribution is -2.31. The molecular weight excluding hydrogens is 448 g/mol. The Labute approximate surface area is 202 Å². The highest BCUT2D eigenvalue weighted by Crippen LogP contribution is 2.38. The van der Waals surface area contributed by atoms with Crippen LogP contribution in [-0.4, -0.2) is 40.2 Å². The molecule has 0 saturated heterocycles. The molecule has 1 saturated carbocycles. The number of nitrogens with one attached hydrogen (secondary N) is 2. The monoisotopic (exact) mass is 474 g/mol. The van der Waals surface area contributed by atoms with E-state index in [4.69, 9.17) is 9.47 Å². The zero-order valence-electron chi connectivity index (χ0n) is 19.1. The van der Waals surface area contributed by atoms with Crippen LogP contribution in [-0.2, 0) is 0 Å². The summed E-state index contributed by atoms with van der Waals surface area (Å²) in [6.07, 6.45) is 5.78. The first-order chi connectivity index (χ1) is 17.0. The number of aromatic nitrogens is 2. The van der Waals surface area contributed by atoms with Crippen LogP contribution >= 0.6 is 0 Å². The predicted octanol–water partition coefficient (Wildman–Crippen LogP) is 4.64. The van der Waals surface area contributed by atoms with Gasteiger partial charge >= 0.3 is 6.03 Å². The summed E-state index contributed by atoms with van der Waals surface area (Å²) in [7, 11) is 0. The van der Waals surface area contributed by atoms with Gasteiger partial charge in [-0.1, -0.05) is 18.9 Å². The van der Waals surface area contributed by atoms with Crippen molar-refractivity contribution in [2.45, 2.75) is 31.6 Å². The van der Waals surface area contributed by atoms with Gasteiger partial charge in [0.05, 0.1) is 11.4 Å². The second-order valence-electron chi connectivity index (χ2n) is 8.58. The fourth-order valence-electron chi connectivity index (χ4n) is 4.50. The second-order valence-corrected chi connectivity index (χ2v) is 8.58. The Hall–Kier alpha value is -4.27. The topological polar surface area (TPSA) is 115 Å². The van der Waals surface area contributed by atoms with E-state index >= 15 is 0 Å². The van der Waals surface area contributed by atoms with Crippen molar-refractivity contribution in [3.63, 3.8) is 0 Å². The number of benzene rings is 2. The first-order valence-electron chi connectivity index (χ1n) is 11.6. The van der Waals surface area contributed by atoms with Crippen molar-refractivity contribution in [3.05, 3.63) is 66.4 Å². The van der Waals surface area contributed by atoms with Crippen LogP contribution in [0.1, 0.15) is 47.7 Å². The average Bonchev–Trinajstić information content (AvgIpc) is 3.63. The SMILES string of the molecule is C=CCNC(=O)n1nc(-c2cc(NC(=O)c3ccc4c(c3)OCO4)ccc2O)cc1C1CCCC1. The van der Waals surface area contributed by atoms with Gasteiger partial charge in [0.1, 0.15) is 5.75 Å². The molecule has 1 aromatic heterocycles. The van der Waals surface area contributed by atoms with Crippen molar-refractivity contribution < 1.29 is 24.2 Å². The van der Waals surface area contributed by atoms with Crippen LogP contribution in [0.2, 0.25) is 0 Å². The molecule has 0 spiro atoms. The lowest BCUT2D eigenvalue weighted by molar-refractivity contribution is 0.102. The Morgan fingerprint density at radius 1 is 1.11 bits per heavy atom. The molecule has 0 atom stereocenters.